The summed E-state index contributed by atoms with van der Waals surface area (Å²) >= 11 is 5.87. The van der Waals surface area contributed by atoms with Crippen LogP contribution in [0.5, 0.6) is 0 Å². The van der Waals surface area contributed by atoms with Crippen LogP contribution in [0.1, 0.15) is 31.7 Å². The van der Waals surface area contributed by atoms with E-state index in [9.17, 15) is 0 Å². The smallest absolute Gasteiger partial charge is 0.139 e. The SMILES string of the molecule is C.Cl.Clc1ccc2c(C3CCCNC3)c[nH]c2n1. The number of aromatic nitrogens is 2. The van der Waals surface area contributed by atoms with E-state index in [1.807, 2.05) is 6.07 Å². The lowest BCUT2D eigenvalue weighted by Crippen LogP contribution is -2.28. The van der Waals surface area contributed by atoms with Crippen molar-refractivity contribution in [3.63, 3.8) is 0 Å². The number of nitrogens with one attached hydrogen (secondary N) is 2. The van der Waals surface area contributed by atoms with Crippen molar-refractivity contribution in [1.29, 1.82) is 0 Å². The third-order valence-electron chi connectivity index (χ3n) is 3.27. The largest absolute Gasteiger partial charge is 0.346 e. The molecule has 2 aromatic rings. The number of hydrogen-bond donors (Lipinski definition) is 2. The molecule has 0 spiro atoms. The van der Waals surface area contributed by atoms with Gasteiger partial charge in [0.05, 0.1) is 0 Å². The summed E-state index contributed by atoms with van der Waals surface area (Å²) < 4.78 is 0. The van der Waals surface area contributed by atoms with Crippen molar-refractivity contribution >= 4 is 35.0 Å². The minimum atomic E-state index is 0. The first-order valence-electron chi connectivity index (χ1n) is 5.69. The fourth-order valence-corrected chi connectivity index (χ4v) is 2.60. The Hall–Kier alpha value is -0.770. The molecule has 1 aliphatic heterocycles. The molecule has 5 heteroatoms. The maximum Gasteiger partial charge on any atom is 0.139 e. The fourth-order valence-electron chi connectivity index (χ4n) is 2.46. The van der Waals surface area contributed by atoms with Crippen molar-refractivity contribution in [2.75, 3.05) is 13.1 Å². The Kier molecular flexibility index (Phi) is 5.45. The van der Waals surface area contributed by atoms with Crippen LogP contribution in [0.25, 0.3) is 11.0 Å². The van der Waals surface area contributed by atoms with E-state index in [0.29, 0.717) is 11.1 Å². The van der Waals surface area contributed by atoms with Crippen molar-refractivity contribution in [3.8, 4) is 0 Å². The number of pyridine rings is 1. The molecule has 0 radical (unpaired) electrons. The van der Waals surface area contributed by atoms with E-state index in [2.05, 4.69) is 27.5 Å². The maximum absolute atomic E-state index is 5.87. The topological polar surface area (TPSA) is 40.7 Å². The number of fused-ring (bicyclic) bond motifs is 1. The molecular weight excluding hydrogens is 269 g/mol. The molecule has 2 N–H and O–H groups in total. The lowest BCUT2D eigenvalue weighted by Gasteiger charge is -2.22. The predicted molar refractivity (Wildman–Crippen MR) is 79.9 cm³/mol. The first kappa shape index (κ1) is 15.3. The lowest BCUT2D eigenvalue weighted by molar-refractivity contribution is 0.463. The summed E-state index contributed by atoms with van der Waals surface area (Å²) in [6.45, 7) is 2.21. The second-order valence-electron chi connectivity index (χ2n) is 4.32. The van der Waals surface area contributed by atoms with Gasteiger partial charge in [-0.2, -0.15) is 0 Å². The van der Waals surface area contributed by atoms with Crippen LogP contribution in [0.3, 0.4) is 0 Å². The average Bonchev–Trinajstić information content (AvgIpc) is 2.73. The van der Waals surface area contributed by atoms with Gasteiger partial charge in [0.25, 0.3) is 0 Å². The number of piperidine rings is 1. The average molecular weight is 288 g/mol. The Labute approximate surface area is 119 Å². The van der Waals surface area contributed by atoms with Gasteiger partial charge in [0, 0.05) is 18.1 Å². The lowest BCUT2D eigenvalue weighted by atomic mass is 9.92. The van der Waals surface area contributed by atoms with E-state index in [1.54, 1.807) is 0 Å². The van der Waals surface area contributed by atoms with Crippen molar-refractivity contribution in [2.24, 2.45) is 0 Å². The molecule has 2 aromatic heterocycles. The Bertz CT molecular complexity index is 504. The highest BCUT2D eigenvalue weighted by molar-refractivity contribution is 6.29. The van der Waals surface area contributed by atoms with E-state index in [4.69, 9.17) is 11.6 Å². The monoisotopic (exact) mass is 287 g/mol. The molecule has 1 aliphatic rings. The number of H-pyrrole nitrogens is 1. The van der Waals surface area contributed by atoms with Gasteiger partial charge in [-0.05, 0) is 43.0 Å². The summed E-state index contributed by atoms with van der Waals surface area (Å²) in [7, 11) is 0. The molecule has 0 amide bonds. The highest BCUT2D eigenvalue weighted by Gasteiger charge is 2.18. The van der Waals surface area contributed by atoms with E-state index < -0.39 is 0 Å². The first-order chi connectivity index (χ1) is 7.84. The summed E-state index contributed by atoms with van der Waals surface area (Å²) in [5, 5.41) is 5.19. The van der Waals surface area contributed by atoms with Gasteiger partial charge in [-0.1, -0.05) is 19.0 Å². The van der Waals surface area contributed by atoms with Crippen LogP contribution in [0, 0.1) is 0 Å². The maximum atomic E-state index is 5.87. The standard InChI is InChI=1S/C12H14ClN3.CH4.ClH/c13-11-4-3-9-10(7-15-12(9)16-11)8-2-1-5-14-6-8;;/h3-4,7-8,14H,1-2,5-6H2,(H,15,16);1H4;1H. The Morgan fingerprint density at radius 3 is 2.89 bits per heavy atom. The summed E-state index contributed by atoms with van der Waals surface area (Å²) in [6, 6.07) is 3.92. The van der Waals surface area contributed by atoms with E-state index in [1.165, 1.54) is 23.8 Å². The van der Waals surface area contributed by atoms with Gasteiger partial charge in [0.1, 0.15) is 10.8 Å². The number of nitrogens with zero attached hydrogens (tertiary/aromatic N) is 1. The van der Waals surface area contributed by atoms with Crippen LogP contribution in [0.4, 0.5) is 0 Å². The molecule has 1 unspecified atom stereocenters. The van der Waals surface area contributed by atoms with Crippen LogP contribution < -0.4 is 5.32 Å². The van der Waals surface area contributed by atoms with Crippen LogP contribution in [0.2, 0.25) is 5.15 Å². The highest BCUT2D eigenvalue weighted by Crippen LogP contribution is 2.29. The molecule has 1 fully saturated rings. The normalized spacial score (nSPS) is 19.1. The zero-order valence-electron chi connectivity index (χ0n) is 9.37. The van der Waals surface area contributed by atoms with Gasteiger partial charge in [-0.25, -0.2) is 4.98 Å². The molecule has 100 valence electrons. The number of aromatic amines is 1. The van der Waals surface area contributed by atoms with E-state index >= 15 is 0 Å². The third kappa shape index (κ3) is 2.79. The number of halogens is 2. The minimum Gasteiger partial charge on any atom is -0.346 e. The second-order valence-corrected chi connectivity index (χ2v) is 4.70. The summed E-state index contributed by atoms with van der Waals surface area (Å²) in [6.07, 6.45) is 4.58. The molecular formula is C13H19Cl2N3. The van der Waals surface area contributed by atoms with Crippen molar-refractivity contribution in [1.82, 2.24) is 15.3 Å². The summed E-state index contributed by atoms with van der Waals surface area (Å²) in [5.74, 6) is 0.602. The molecule has 1 atom stereocenters. The van der Waals surface area contributed by atoms with Gasteiger partial charge >= 0.3 is 0 Å². The summed E-state index contributed by atoms with van der Waals surface area (Å²) in [5.41, 5.74) is 2.26. The fraction of sp³-hybridized carbons (Fsp3) is 0.462. The van der Waals surface area contributed by atoms with Gasteiger partial charge in [-0.3, -0.25) is 0 Å². The Balaban J connectivity index is 0.000000810. The van der Waals surface area contributed by atoms with E-state index in [-0.39, 0.29) is 19.8 Å². The molecule has 3 rings (SSSR count). The van der Waals surface area contributed by atoms with Gasteiger partial charge in [-0.15, -0.1) is 12.4 Å². The Morgan fingerprint density at radius 1 is 1.33 bits per heavy atom. The van der Waals surface area contributed by atoms with E-state index in [0.717, 1.165) is 18.7 Å². The molecule has 3 nitrogen and oxygen atoms in total. The Morgan fingerprint density at radius 2 is 2.17 bits per heavy atom. The zero-order chi connectivity index (χ0) is 11.0. The summed E-state index contributed by atoms with van der Waals surface area (Å²) in [4.78, 5) is 7.48. The second kappa shape index (κ2) is 6.41. The number of hydrogen-bond acceptors (Lipinski definition) is 2. The highest BCUT2D eigenvalue weighted by atomic mass is 35.5. The quantitative estimate of drug-likeness (QED) is 0.785. The molecule has 0 aliphatic carbocycles. The van der Waals surface area contributed by atoms with Crippen molar-refractivity contribution < 1.29 is 0 Å². The van der Waals surface area contributed by atoms with Gasteiger partial charge in [0.15, 0.2) is 0 Å². The van der Waals surface area contributed by atoms with Crippen molar-refractivity contribution in [2.45, 2.75) is 26.2 Å². The third-order valence-corrected chi connectivity index (χ3v) is 3.48. The molecule has 0 saturated carbocycles. The van der Waals surface area contributed by atoms with Crippen LogP contribution in [0.15, 0.2) is 18.3 Å². The molecule has 18 heavy (non-hydrogen) atoms. The number of rotatable bonds is 1. The van der Waals surface area contributed by atoms with Crippen LogP contribution in [-0.4, -0.2) is 23.1 Å². The molecule has 0 bridgehead atoms. The molecule has 1 saturated heterocycles. The van der Waals surface area contributed by atoms with Gasteiger partial charge < -0.3 is 10.3 Å². The first-order valence-corrected chi connectivity index (χ1v) is 6.06. The minimum absolute atomic E-state index is 0. The van der Waals surface area contributed by atoms with Crippen molar-refractivity contribution in [3.05, 3.63) is 29.0 Å². The molecule has 0 aromatic carbocycles. The predicted octanol–water partition coefficient (Wildman–Crippen LogP) is 3.74. The van der Waals surface area contributed by atoms with Crippen LogP contribution >= 0.6 is 24.0 Å². The zero-order valence-corrected chi connectivity index (χ0v) is 10.9. The van der Waals surface area contributed by atoms with Crippen LogP contribution in [-0.2, 0) is 0 Å². The molecule has 3 heterocycles. The van der Waals surface area contributed by atoms with Gasteiger partial charge in [0.2, 0.25) is 0 Å².